The number of thioether (sulfide) groups is 1. The lowest BCUT2D eigenvalue weighted by atomic mass is 10.1. The number of nitrogens with one attached hydrogen (secondary N) is 1. The molecular weight excluding hydrogens is 388 g/mol. The molecule has 7 nitrogen and oxygen atoms in total. The molecule has 9 heteroatoms. The number of ether oxygens (including phenoxy) is 1. The van der Waals surface area contributed by atoms with Crippen molar-refractivity contribution in [1.29, 1.82) is 0 Å². The third kappa shape index (κ3) is 3.93. The first-order valence-corrected chi connectivity index (χ1v) is 8.96. The second-order valence-corrected chi connectivity index (χ2v) is 7.21. The maximum atomic E-state index is 12.2. The lowest BCUT2D eigenvalue weighted by Crippen LogP contribution is -2.33. The molecule has 2 heterocycles. The number of esters is 1. The van der Waals surface area contributed by atoms with E-state index in [4.69, 9.17) is 22.1 Å². The highest BCUT2D eigenvalue weighted by Crippen LogP contribution is 2.31. The minimum Gasteiger partial charge on any atom is -0.480 e. The SMILES string of the molecule is COC(=O)c1ccc2c(/C=C/C=C3\SC(=S)N(CC(=O)O)C3=O)c[nH]c2c1. The molecule has 1 saturated heterocycles. The number of aliphatic carboxylic acids is 1. The molecule has 138 valence electrons. The number of carbonyl (C=O) groups is 3. The van der Waals surface area contributed by atoms with Crippen molar-refractivity contribution in [2.75, 3.05) is 13.7 Å². The van der Waals surface area contributed by atoms with Crippen LogP contribution in [-0.4, -0.2) is 50.8 Å². The van der Waals surface area contributed by atoms with E-state index in [0.717, 1.165) is 33.1 Å². The Morgan fingerprint density at radius 1 is 1.41 bits per heavy atom. The van der Waals surface area contributed by atoms with E-state index in [1.807, 2.05) is 6.07 Å². The van der Waals surface area contributed by atoms with Crippen molar-refractivity contribution in [3.05, 3.63) is 52.6 Å². The maximum Gasteiger partial charge on any atom is 0.337 e. The summed E-state index contributed by atoms with van der Waals surface area (Å²) < 4.78 is 4.93. The van der Waals surface area contributed by atoms with E-state index in [-0.39, 0.29) is 4.32 Å². The Morgan fingerprint density at radius 2 is 2.19 bits per heavy atom. The van der Waals surface area contributed by atoms with Crippen LogP contribution in [0.5, 0.6) is 0 Å². The van der Waals surface area contributed by atoms with Crippen molar-refractivity contribution in [2.24, 2.45) is 0 Å². The molecule has 1 aromatic carbocycles. The van der Waals surface area contributed by atoms with Gasteiger partial charge >= 0.3 is 11.9 Å². The average Bonchev–Trinajstić information content (AvgIpc) is 3.16. The molecule has 2 aromatic rings. The monoisotopic (exact) mass is 402 g/mol. The number of amides is 1. The van der Waals surface area contributed by atoms with E-state index in [2.05, 4.69) is 4.98 Å². The van der Waals surface area contributed by atoms with Gasteiger partial charge in [-0.1, -0.05) is 42.2 Å². The number of nitrogens with zero attached hydrogens (tertiary/aromatic N) is 1. The fourth-order valence-electron chi connectivity index (χ4n) is 2.56. The van der Waals surface area contributed by atoms with Crippen LogP contribution in [0.25, 0.3) is 17.0 Å². The smallest absolute Gasteiger partial charge is 0.337 e. The Balaban J connectivity index is 1.79. The van der Waals surface area contributed by atoms with Crippen LogP contribution in [0.2, 0.25) is 0 Å². The number of H-pyrrole nitrogens is 1. The predicted molar refractivity (Wildman–Crippen MR) is 106 cm³/mol. The fraction of sp³-hybridized carbons (Fsp3) is 0.111. The van der Waals surface area contributed by atoms with E-state index in [0.29, 0.717) is 10.5 Å². The van der Waals surface area contributed by atoms with Crippen molar-refractivity contribution in [3.8, 4) is 0 Å². The number of fused-ring (bicyclic) bond motifs is 1. The summed E-state index contributed by atoms with van der Waals surface area (Å²) in [6, 6.07) is 5.19. The van der Waals surface area contributed by atoms with E-state index >= 15 is 0 Å². The van der Waals surface area contributed by atoms with Gasteiger partial charge in [0.2, 0.25) is 0 Å². The Bertz CT molecular complexity index is 1020. The zero-order chi connectivity index (χ0) is 19.6. The van der Waals surface area contributed by atoms with Crippen LogP contribution in [0.4, 0.5) is 0 Å². The number of rotatable bonds is 5. The predicted octanol–water partition coefficient (Wildman–Crippen LogP) is 2.80. The minimum absolute atomic E-state index is 0.226. The molecule has 0 atom stereocenters. The number of benzene rings is 1. The van der Waals surface area contributed by atoms with E-state index in [9.17, 15) is 14.4 Å². The van der Waals surface area contributed by atoms with Gasteiger partial charge in [0.05, 0.1) is 17.6 Å². The van der Waals surface area contributed by atoms with Gasteiger partial charge in [-0.2, -0.15) is 0 Å². The van der Waals surface area contributed by atoms with Gasteiger partial charge in [-0.15, -0.1) is 0 Å². The van der Waals surface area contributed by atoms with Gasteiger partial charge in [0.25, 0.3) is 5.91 Å². The number of aromatic nitrogens is 1. The average molecular weight is 402 g/mol. The molecule has 0 bridgehead atoms. The molecular formula is C18H14N2O5S2. The van der Waals surface area contributed by atoms with Gasteiger partial charge in [0.15, 0.2) is 0 Å². The molecule has 0 aliphatic carbocycles. The lowest BCUT2D eigenvalue weighted by molar-refractivity contribution is -0.140. The Morgan fingerprint density at radius 3 is 2.89 bits per heavy atom. The van der Waals surface area contributed by atoms with E-state index in [1.165, 1.54) is 7.11 Å². The Hall–Kier alpha value is -2.91. The molecule has 0 unspecified atom stereocenters. The molecule has 1 amide bonds. The molecule has 1 aromatic heterocycles. The van der Waals surface area contributed by atoms with Crippen LogP contribution >= 0.6 is 24.0 Å². The summed E-state index contributed by atoms with van der Waals surface area (Å²) in [6.45, 7) is -0.448. The van der Waals surface area contributed by atoms with Gasteiger partial charge in [-0.05, 0) is 23.8 Å². The second kappa shape index (κ2) is 7.77. The molecule has 0 radical (unpaired) electrons. The van der Waals surface area contributed by atoms with Crippen molar-refractivity contribution < 1.29 is 24.2 Å². The van der Waals surface area contributed by atoms with Crippen LogP contribution in [0.1, 0.15) is 15.9 Å². The summed E-state index contributed by atoms with van der Waals surface area (Å²) in [5.41, 5.74) is 2.11. The number of thiocarbonyl (C=S) groups is 1. The molecule has 2 N–H and O–H groups in total. The van der Waals surface area contributed by atoms with Crippen LogP contribution in [-0.2, 0) is 14.3 Å². The molecule has 0 spiro atoms. The van der Waals surface area contributed by atoms with Crippen molar-refractivity contribution in [3.63, 3.8) is 0 Å². The van der Waals surface area contributed by atoms with Gasteiger partial charge < -0.3 is 14.8 Å². The number of carboxylic acids is 1. The molecule has 1 aliphatic rings. The molecule has 0 saturated carbocycles. The van der Waals surface area contributed by atoms with Crippen molar-refractivity contribution >= 4 is 63.1 Å². The Kier molecular flexibility index (Phi) is 5.43. The summed E-state index contributed by atoms with van der Waals surface area (Å²) in [5.74, 6) is -1.95. The lowest BCUT2D eigenvalue weighted by Gasteiger charge is -2.09. The third-order valence-corrected chi connectivity index (χ3v) is 5.22. The normalized spacial score (nSPS) is 16.0. The van der Waals surface area contributed by atoms with Gasteiger partial charge in [-0.25, -0.2) is 4.79 Å². The Labute approximate surface area is 163 Å². The number of carbonyl (C=O) groups excluding carboxylic acids is 2. The number of hydrogen-bond donors (Lipinski definition) is 2. The van der Waals surface area contributed by atoms with Gasteiger partial charge in [-0.3, -0.25) is 14.5 Å². The van der Waals surface area contributed by atoms with E-state index in [1.54, 1.807) is 36.6 Å². The number of hydrogen-bond acceptors (Lipinski definition) is 6. The summed E-state index contributed by atoms with van der Waals surface area (Å²) in [6.07, 6.45) is 6.89. The third-order valence-electron chi connectivity index (χ3n) is 3.83. The summed E-state index contributed by atoms with van der Waals surface area (Å²) in [4.78, 5) is 39.1. The van der Waals surface area contributed by atoms with Crippen LogP contribution < -0.4 is 0 Å². The highest BCUT2D eigenvalue weighted by Gasteiger charge is 2.32. The zero-order valence-electron chi connectivity index (χ0n) is 14.1. The topological polar surface area (TPSA) is 99.7 Å². The summed E-state index contributed by atoms with van der Waals surface area (Å²) >= 11 is 6.11. The highest BCUT2D eigenvalue weighted by molar-refractivity contribution is 8.26. The molecule has 1 aliphatic heterocycles. The van der Waals surface area contributed by atoms with Crippen LogP contribution in [0.3, 0.4) is 0 Å². The summed E-state index contributed by atoms with van der Waals surface area (Å²) in [7, 11) is 1.33. The quantitative estimate of drug-likeness (QED) is 0.451. The first-order chi connectivity index (χ1) is 12.9. The first kappa shape index (κ1) is 18.9. The highest BCUT2D eigenvalue weighted by atomic mass is 32.2. The standard InChI is InChI=1S/C18H14N2O5S2/c1-25-17(24)10-5-6-12-11(8-19-13(12)7-10)3-2-4-14-16(23)20(9-15(21)22)18(26)27-14/h2-8,19H,9H2,1H3,(H,21,22)/b3-2+,14-4-. The fourth-order valence-corrected chi connectivity index (χ4v) is 3.76. The number of methoxy groups -OCH3 is 1. The molecule has 3 rings (SSSR count). The van der Waals surface area contributed by atoms with Crippen molar-refractivity contribution in [1.82, 2.24) is 9.88 Å². The first-order valence-electron chi connectivity index (χ1n) is 7.74. The van der Waals surface area contributed by atoms with Crippen molar-refractivity contribution in [2.45, 2.75) is 0 Å². The minimum atomic E-state index is -1.12. The largest absolute Gasteiger partial charge is 0.480 e. The van der Waals surface area contributed by atoms with Crippen LogP contribution in [0, 0.1) is 0 Å². The second-order valence-electron chi connectivity index (χ2n) is 5.54. The van der Waals surface area contributed by atoms with Crippen LogP contribution in [0.15, 0.2) is 41.5 Å². The van der Waals surface area contributed by atoms with Gasteiger partial charge in [0, 0.05) is 17.1 Å². The zero-order valence-corrected chi connectivity index (χ0v) is 15.7. The van der Waals surface area contributed by atoms with E-state index < -0.39 is 24.4 Å². The number of aromatic amines is 1. The summed E-state index contributed by atoms with van der Waals surface area (Å²) in [5, 5.41) is 9.75. The van der Waals surface area contributed by atoms with Gasteiger partial charge in [0.1, 0.15) is 10.9 Å². The maximum absolute atomic E-state index is 12.2. The molecule has 1 fully saturated rings. The number of allylic oxidation sites excluding steroid dienone is 2. The molecule has 27 heavy (non-hydrogen) atoms. The number of carboxylic acid groups (broad SMARTS) is 1.